The van der Waals surface area contributed by atoms with E-state index < -0.39 is 0 Å². The topological polar surface area (TPSA) is 69.0 Å². The lowest BCUT2D eigenvalue weighted by Gasteiger charge is -2.11. The summed E-state index contributed by atoms with van der Waals surface area (Å²) < 4.78 is 7.96. The fourth-order valence-corrected chi connectivity index (χ4v) is 1.85. The van der Waals surface area contributed by atoms with Gasteiger partial charge in [0.15, 0.2) is 0 Å². The fraction of sp³-hybridized carbons (Fsp3) is 0.222. The zero-order valence-electron chi connectivity index (χ0n) is 8.14. The van der Waals surface area contributed by atoms with Crippen molar-refractivity contribution in [1.29, 1.82) is 0 Å². The zero-order chi connectivity index (χ0) is 10.8. The Bertz CT molecular complexity index is 450. The van der Waals surface area contributed by atoms with E-state index in [2.05, 4.69) is 26.5 Å². The smallest absolute Gasteiger partial charge is 0.140 e. The van der Waals surface area contributed by atoms with Crippen molar-refractivity contribution in [3.05, 3.63) is 40.5 Å². The highest BCUT2D eigenvalue weighted by Crippen LogP contribution is 2.28. The third kappa shape index (κ3) is 1.97. The first-order valence-electron chi connectivity index (χ1n) is 4.40. The van der Waals surface area contributed by atoms with E-state index in [1.807, 2.05) is 19.3 Å². The number of aromatic nitrogens is 2. The number of aryl methyl sites for hydroxylation is 1. The molecule has 0 bridgehead atoms. The molecule has 0 saturated heterocycles. The molecule has 2 aromatic heterocycles. The molecule has 6 heteroatoms. The number of halogens is 1. The largest absolute Gasteiger partial charge is 0.466 e. The van der Waals surface area contributed by atoms with Crippen molar-refractivity contribution in [2.45, 2.75) is 6.04 Å². The van der Waals surface area contributed by atoms with E-state index in [-0.39, 0.29) is 6.04 Å². The first kappa shape index (κ1) is 10.4. The van der Waals surface area contributed by atoms with Gasteiger partial charge in [0.1, 0.15) is 11.8 Å². The second kappa shape index (κ2) is 4.18. The van der Waals surface area contributed by atoms with E-state index in [1.165, 1.54) is 0 Å². The van der Waals surface area contributed by atoms with Gasteiger partial charge in [-0.05, 0) is 22.0 Å². The number of hydrazine groups is 1. The molecule has 2 heterocycles. The highest BCUT2D eigenvalue weighted by molar-refractivity contribution is 9.10. The van der Waals surface area contributed by atoms with Crippen molar-refractivity contribution >= 4 is 15.9 Å². The van der Waals surface area contributed by atoms with Gasteiger partial charge in [-0.2, -0.15) is 5.10 Å². The third-order valence-corrected chi connectivity index (χ3v) is 2.79. The second-order valence-corrected chi connectivity index (χ2v) is 4.03. The molecule has 0 spiro atoms. The Morgan fingerprint density at radius 2 is 2.47 bits per heavy atom. The van der Waals surface area contributed by atoms with Crippen LogP contribution in [-0.2, 0) is 7.05 Å². The van der Waals surface area contributed by atoms with E-state index in [0.717, 1.165) is 15.8 Å². The molecule has 80 valence electrons. The van der Waals surface area contributed by atoms with Gasteiger partial charge in [0.05, 0.1) is 16.9 Å². The van der Waals surface area contributed by atoms with Crippen molar-refractivity contribution < 1.29 is 4.42 Å². The van der Waals surface area contributed by atoms with Gasteiger partial charge >= 0.3 is 0 Å². The van der Waals surface area contributed by atoms with Crippen molar-refractivity contribution in [2.75, 3.05) is 0 Å². The van der Waals surface area contributed by atoms with Gasteiger partial charge in [-0.3, -0.25) is 10.5 Å². The molecule has 5 nitrogen and oxygen atoms in total. The van der Waals surface area contributed by atoms with Gasteiger partial charge in [0.2, 0.25) is 0 Å². The monoisotopic (exact) mass is 270 g/mol. The molecule has 0 aromatic carbocycles. The lowest BCUT2D eigenvalue weighted by Crippen LogP contribution is -2.28. The van der Waals surface area contributed by atoms with Crippen LogP contribution in [0.15, 0.2) is 33.6 Å². The first-order valence-corrected chi connectivity index (χ1v) is 5.19. The molecular weight excluding hydrogens is 260 g/mol. The molecule has 0 saturated carbocycles. The van der Waals surface area contributed by atoms with Crippen molar-refractivity contribution in [2.24, 2.45) is 12.9 Å². The Morgan fingerprint density at radius 3 is 2.93 bits per heavy atom. The standard InChI is InChI=1S/C9H11BrN4O/c1-14-5-6(4-12-14)8(13-11)9-7(10)2-3-15-9/h2-5,8,13H,11H2,1H3. The summed E-state index contributed by atoms with van der Waals surface area (Å²) in [5.74, 6) is 6.25. The van der Waals surface area contributed by atoms with Crippen LogP contribution in [0.5, 0.6) is 0 Å². The van der Waals surface area contributed by atoms with Gasteiger partial charge in [-0.1, -0.05) is 0 Å². The van der Waals surface area contributed by atoms with E-state index in [9.17, 15) is 0 Å². The number of rotatable bonds is 3. The van der Waals surface area contributed by atoms with E-state index in [1.54, 1.807) is 17.1 Å². The molecule has 0 aliphatic carbocycles. The highest BCUT2D eigenvalue weighted by atomic mass is 79.9. The minimum atomic E-state index is -0.192. The summed E-state index contributed by atoms with van der Waals surface area (Å²) in [6.45, 7) is 0. The maximum atomic E-state index is 5.51. The predicted octanol–water partition coefficient (Wildman–Crippen LogP) is 1.33. The average molecular weight is 271 g/mol. The number of hydrogen-bond acceptors (Lipinski definition) is 4. The molecule has 0 aliphatic rings. The number of hydrogen-bond donors (Lipinski definition) is 2. The average Bonchev–Trinajstić information content (AvgIpc) is 2.79. The third-order valence-electron chi connectivity index (χ3n) is 2.13. The summed E-state index contributed by atoms with van der Waals surface area (Å²) >= 11 is 3.40. The van der Waals surface area contributed by atoms with Gasteiger partial charge in [0, 0.05) is 18.8 Å². The normalized spacial score (nSPS) is 13.0. The van der Waals surface area contributed by atoms with Crippen LogP contribution in [0.3, 0.4) is 0 Å². The van der Waals surface area contributed by atoms with Crippen LogP contribution in [0.1, 0.15) is 17.4 Å². The maximum Gasteiger partial charge on any atom is 0.140 e. The van der Waals surface area contributed by atoms with E-state index in [4.69, 9.17) is 10.3 Å². The summed E-state index contributed by atoms with van der Waals surface area (Å²) in [6, 6.07) is 1.64. The summed E-state index contributed by atoms with van der Waals surface area (Å²) in [6.07, 6.45) is 5.25. The van der Waals surface area contributed by atoms with Gasteiger partial charge < -0.3 is 4.42 Å². The predicted molar refractivity (Wildman–Crippen MR) is 58.8 cm³/mol. The molecule has 1 unspecified atom stereocenters. The summed E-state index contributed by atoms with van der Waals surface area (Å²) in [7, 11) is 1.86. The second-order valence-electron chi connectivity index (χ2n) is 3.18. The summed E-state index contributed by atoms with van der Waals surface area (Å²) in [5.41, 5.74) is 3.65. The molecular formula is C9H11BrN4O. The molecule has 1 atom stereocenters. The SMILES string of the molecule is Cn1cc(C(NN)c2occc2Br)cn1. The molecule has 15 heavy (non-hydrogen) atoms. The molecule has 2 aromatic rings. The van der Waals surface area contributed by atoms with Crippen LogP contribution in [0.25, 0.3) is 0 Å². The Kier molecular flexibility index (Phi) is 2.90. The van der Waals surface area contributed by atoms with Crippen LogP contribution in [0.4, 0.5) is 0 Å². The molecule has 0 amide bonds. The molecule has 0 fully saturated rings. The van der Waals surface area contributed by atoms with E-state index >= 15 is 0 Å². The number of nitrogens with zero attached hydrogens (tertiary/aromatic N) is 2. The van der Waals surface area contributed by atoms with Gasteiger partial charge in [0.25, 0.3) is 0 Å². The van der Waals surface area contributed by atoms with Crippen molar-refractivity contribution in [3.8, 4) is 0 Å². The zero-order valence-corrected chi connectivity index (χ0v) is 9.73. The Labute approximate surface area is 95.3 Å². The minimum absolute atomic E-state index is 0.192. The Balaban J connectivity index is 2.36. The highest BCUT2D eigenvalue weighted by Gasteiger charge is 2.19. The number of nitrogens with two attached hydrogens (primary N) is 1. The van der Waals surface area contributed by atoms with Crippen LogP contribution in [-0.4, -0.2) is 9.78 Å². The van der Waals surface area contributed by atoms with Crippen molar-refractivity contribution in [1.82, 2.24) is 15.2 Å². The lowest BCUT2D eigenvalue weighted by atomic mass is 10.1. The van der Waals surface area contributed by atoms with E-state index in [0.29, 0.717) is 0 Å². The summed E-state index contributed by atoms with van der Waals surface area (Å²) in [4.78, 5) is 0. The summed E-state index contributed by atoms with van der Waals surface area (Å²) in [5, 5.41) is 4.09. The first-order chi connectivity index (χ1) is 7.22. The number of nitrogens with one attached hydrogen (secondary N) is 1. The molecule has 2 rings (SSSR count). The Morgan fingerprint density at radius 1 is 1.67 bits per heavy atom. The molecule has 3 N–H and O–H groups in total. The van der Waals surface area contributed by atoms with Gasteiger partial charge in [-0.25, -0.2) is 5.43 Å². The maximum absolute atomic E-state index is 5.51. The van der Waals surface area contributed by atoms with Gasteiger partial charge in [-0.15, -0.1) is 0 Å². The van der Waals surface area contributed by atoms with Crippen LogP contribution in [0, 0.1) is 0 Å². The number of furan rings is 1. The Hall–Kier alpha value is -1.11. The fourth-order valence-electron chi connectivity index (χ4n) is 1.42. The van der Waals surface area contributed by atoms with Crippen LogP contribution < -0.4 is 11.3 Å². The minimum Gasteiger partial charge on any atom is -0.466 e. The van der Waals surface area contributed by atoms with Crippen LogP contribution in [0.2, 0.25) is 0 Å². The van der Waals surface area contributed by atoms with Crippen LogP contribution >= 0.6 is 15.9 Å². The molecule has 0 aliphatic heterocycles. The van der Waals surface area contributed by atoms with Crippen molar-refractivity contribution in [3.63, 3.8) is 0 Å². The quantitative estimate of drug-likeness (QED) is 0.652. The lowest BCUT2D eigenvalue weighted by molar-refractivity contribution is 0.449. The molecule has 0 radical (unpaired) electrons.